The van der Waals surface area contributed by atoms with Gasteiger partial charge in [-0.1, -0.05) is 12.1 Å². The first-order valence-electron chi connectivity index (χ1n) is 5.69. The summed E-state index contributed by atoms with van der Waals surface area (Å²) in [7, 11) is 0. The summed E-state index contributed by atoms with van der Waals surface area (Å²) in [4.78, 5) is 12.8. The third-order valence-corrected chi connectivity index (χ3v) is 2.73. The molecule has 1 aromatic carbocycles. The molecule has 5 heteroatoms. The number of rotatable bonds is 3. The number of anilines is 1. The predicted octanol–water partition coefficient (Wildman–Crippen LogP) is 1.29. The van der Waals surface area contributed by atoms with Crippen molar-refractivity contribution < 1.29 is 4.79 Å². The van der Waals surface area contributed by atoms with E-state index in [0.717, 1.165) is 18.7 Å². The Morgan fingerprint density at radius 3 is 2.88 bits per heavy atom. The first kappa shape index (κ1) is 11.4. The lowest BCUT2D eigenvalue weighted by Gasteiger charge is -2.17. The van der Waals surface area contributed by atoms with Crippen molar-refractivity contribution in [3.8, 4) is 0 Å². The van der Waals surface area contributed by atoms with Crippen molar-refractivity contribution in [2.24, 2.45) is 10.8 Å². The van der Waals surface area contributed by atoms with Gasteiger partial charge in [-0.05, 0) is 30.5 Å². The molecule has 17 heavy (non-hydrogen) atoms. The maximum atomic E-state index is 10.5. The summed E-state index contributed by atoms with van der Waals surface area (Å²) < 4.78 is 0. The zero-order valence-corrected chi connectivity index (χ0v) is 9.60. The number of hydrogen-bond donors (Lipinski definition) is 2. The molecule has 0 aliphatic carbocycles. The van der Waals surface area contributed by atoms with Gasteiger partial charge in [-0.3, -0.25) is 0 Å². The van der Waals surface area contributed by atoms with Gasteiger partial charge >= 0.3 is 6.03 Å². The number of carbonyl (C=O) groups excluding carboxylic acids is 1. The van der Waals surface area contributed by atoms with Crippen molar-refractivity contribution in [2.45, 2.75) is 12.8 Å². The lowest BCUT2D eigenvalue weighted by molar-refractivity contribution is 0.249. The highest BCUT2D eigenvalue weighted by molar-refractivity contribution is 5.82. The zero-order chi connectivity index (χ0) is 12.1. The van der Waals surface area contributed by atoms with Gasteiger partial charge in [0.05, 0.1) is 6.21 Å². The molecule has 90 valence electrons. The molecule has 2 rings (SSSR count). The van der Waals surface area contributed by atoms with Gasteiger partial charge in [0, 0.05) is 18.8 Å². The SMILES string of the molecule is NC(=O)NN=Cc1cccc(N2CCCC2)c1. The number of amides is 2. The van der Waals surface area contributed by atoms with Crippen molar-refractivity contribution in [1.29, 1.82) is 0 Å². The Hall–Kier alpha value is -2.04. The van der Waals surface area contributed by atoms with Crippen LogP contribution in [0.2, 0.25) is 0 Å². The predicted molar refractivity (Wildman–Crippen MR) is 68.2 cm³/mol. The summed E-state index contributed by atoms with van der Waals surface area (Å²) in [5.74, 6) is 0. The number of hydrazone groups is 1. The van der Waals surface area contributed by atoms with Crippen LogP contribution in [0.25, 0.3) is 0 Å². The second-order valence-corrected chi connectivity index (χ2v) is 4.02. The number of nitrogens with zero attached hydrogens (tertiary/aromatic N) is 2. The van der Waals surface area contributed by atoms with Gasteiger partial charge in [0.2, 0.25) is 0 Å². The zero-order valence-electron chi connectivity index (χ0n) is 9.60. The number of nitrogens with two attached hydrogens (primary N) is 1. The highest BCUT2D eigenvalue weighted by atomic mass is 16.2. The molecule has 5 nitrogen and oxygen atoms in total. The van der Waals surface area contributed by atoms with Crippen LogP contribution >= 0.6 is 0 Å². The molecule has 0 saturated carbocycles. The number of carbonyl (C=O) groups is 1. The summed E-state index contributed by atoms with van der Waals surface area (Å²) in [6.45, 7) is 2.22. The van der Waals surface area contributed by atoms with Crippen molar-refractivity contribution in [3.05, 3.63) is 29.8 Å². The van der Waals surface area contributed by atoms with E-state index in [0.29, 0.717) is 0 Å². The molecule has 0 aromatic heterocycles. The fourth-order valence-electron chi connectivity index (χ4n) is 1.95. The van der Waals surface area contributed by atoms with Gasteiger partial charge in [-0.2, -0.15) is 5.10 Å². The third-order valence-electron chi connectivity index (χ3n) is 2.73. The molecule has 0 unspecified atom stereocenters. The molecule has 3 N–H and O–H groups in total. The Morgan fingerprint density at radius 1 is 1.41 bits per heavy atom. The minimum absolute atomic E-state index is 0.656. The fraction of sp³-hybridized carbons (Fsp3) is 0.333. The Kier molecular flexibility index (Phi) is 3.59. The van der Waals surface area contributed by atoms with E-state index in [-0.39, 0.29) is 0 Å². The summed E-state index contributed by atoms with van der Waals surface area (Å²) in [6, 6.07) is 7.41. The number of urea groups is 1. The molecule has 0 radical (unpaired) electrons. The molecule has 0 bridgehead atoms. The Morgan fingerprint density at radius 2 is 2.18 bits per heavy atom. The van der Waals surface area contributed by atoms with Gasteiger partial charge in [0.25, 0.3) is 0 Å². The highest BCUT2D eigenvalue weighted by Gasteiger charge is 2.11. The quantitative estimate of drug-likeness (QED) is 0.609. The van der Waals surface area contributed by atoms with E-state index in [1.807, 2.05) is 12.1 Å². The maximum Gasteiger partial charge on any atom is 0.332 e. The van der Waals surface area contributed by atoms with E-state index in [4.69, 9.17) is 5.73 Å². The van der Waals surface area contributed by atoms with Crippen molar-refractivity contribution in [2.75, 3.05) is 18.0 Å². The van der Waals surface area contributed by atoms with E-state index in [1.165, 1.54) is 18.5 Å². The van der Waals surface area contributed by atoms with Crippen molar-refractivity contribution in [3.63, 3.8) is 0 Å². The first-order chi connectivity index (χ1) is 8.25. The van der Waals surface area contributed by atoms with Crippen LogP contribution in [0.5, 0.6) is 0 Å². The molecule has 2 amide bonds. The monoisotopic (exact) mass is 232 g/mol. The topological polar surface area (TPSA) is 70.7 Å². The minimum Gasteiger partial charge on any atom is -0.372 e. The second kappa shape index (κ2) is 5.34. The standard InChI is InChI=1S/C12H16N4O/c13-12(17)15-14-9-10-4-3-5-11(8-10)16-6-1-2-7-16/h3-5,8-9H,1-2,6-7H2,(H3,13,15,17). The fourth-order valence-corrected chi connectivity index (χ4v) is 1.95. The van der Waals surface area contributed by atoms with Crippen LogP contribution in [0.15, 0.2) is 29.4 Å². The number of benzene rings is 1. The summed E-state index contributed by atoms with van der Waals surface area (Å²) >= 11 is 0. The van der Waals surface area contributed by atoms with E-state index >= 15 is 0 Å². The Labute approximate surface area is 100 Å². The molecular formula is C12H16N4O. The maximum absolute atomic E-state index is 10.5. The van der Waals surface area contributed by atoms with E-state index < -0.39 is 6.03 Å². The van der Waals surface area contributed by atoms with Gasteiger partial charge in [0.1, 0.15) is 0 Å². The molecule has 1 heterocycles. The smallest absolute Gasteiger partial charge is 0.332 e. The van der Waals surface area contributed by atoms with Crippen LogP contribution in [-0.4, -0.2) is 25.3 Å². The van der Waals surface area contributed by atoms with Crippen molar-refractivity contribution >= 4 is 17.9 Å². The molecule has 1 aliphatic rings. The average Bonchev–Trinajstić information content (AvgIpc) is 2.82. The van der Waals surface area contributed by atoms with E-state index in [2.05, 4.69) is 27.6 Å². The highest BCUT2D eigenvalue weighted by Crippen LogP contribution is 2.20. The number of primary amides is 1. The van der Waals surface area contributed by atoms with Crippen molar-refractivity contribution in [1.82, 2.24) is 5.43 Å². The first-order valence-corrected chi connectivity index (χ1v) is 5.69. The van der Waals surface area contributed by atoms with Crippen LogP contribution in [0.1, 0.15) is 18.4 Å². The average molecular weight is 232 g/mol. The Bertz CT molecular complexity index is 424. The number of nitrogens with one attached hydrogen (secondary N) is 1. The summed E-state index contributed by atoms with van der Waals surface area (Å²) in [5, 5.41) is 3.74. The van der Waals surface area contributed by atoms with Crippen LogP contribution in [0.4, 0.5) is 10.5 Å². The molecular weight excluding hydrogens is 216 g/mol. The van der Waals surface area contributed by atoms with Gasteiger partial charge < -0.3 is 10.6 Å². The number of hydrogen-bond acceptors (Lipinski definition) is 3. The minimum atomic E-state index is -0.656. The van der Waals surface area contributed by atoms with Gasteiger partial charge in [0.15, 0.2) is 0 Å². The van der Waals surface area contributed by atoms with Gasteiger partial charge in [-0.15, -0.1) is 0 Å². The van der Waals surface area contributed by atoms with E-state index in [9.17, 15) is 4.79 Å². The van der Waals surface area contributed by atoms with Crippen LogP contribution in [-0.2, 0) is 0 Å². The lowest BCUT2D eigenvalue weighted by atomic mass is 10.2. The molecule has 0 atom stereocenters. The Balaban J connectivity index is 2.05. The molecule has 0 spiro atoms. The third kappa shape index (κ3) is 3.21. The van der Waals surface area contributed by atoms with Gasteiger partial charge in [-0.25, -0.2) is 10.2 Å². The normalized spacial score (nSPS) is 15.4. The summed E-state index contributed by atoms with van der Waals surface area (Å²) in [6.07, 6.45) is 4.09. The lowest BCUT2D eigenvalue weighted by Crippen LogP contribution is -2.24. The summed E-state index contributed by atoms with van der Waals surface area (Å²) in [5.41, 5.74) is 9.24. The largest absolute Gasteiger partial charge is 0.372 e. The van der Waals surface area contributed by atoms with Crippen LogP contribution in [0, 0.1) is 0 Å². The van der Waals surface area contributed by atoms with E-state index in [1.54, 1.807) is 6.21 Å². The molecule has 1 aromatic rings. The van der Waals surface area contributed by atoms with Crippen LogP contribution in [0.3, 0.4) is 0 Å². The van der Waals surface area contributed by atoms with Crippen LogP contribution < -0.4 is 16.1 Å². The molecule has 1 saturated heterocycles. The molecule has 1 aliphatic heterocycles. The molecule has 1 fully saturated rings. The second-order valence-electron chi connectivity index (χ2n) is 4.02.